The number of aryl methyl sites for hydroxylation is 1. The van der Waals surface area contributed by atoms with Gasteiger partial charge in [0.2, 0.25) is 0 Å². The van der Waals surface area contributed by atoms with Gasteiger partial charge < -0.3 is 9.64 Å². The number of amides is 1. The van der Waals surface area contributed by atoms with E-state index in [1.807, 2.05) is 36.4 Å². The third kappa shape index (κ3) is 2.86. The van der Waals surface area contributed by atoms with Gasteiger partial charge in [-0.1, -0.05) is 32.0 Å². The Balaban J connectivity index is 1.55. The van der Waals surface area contributed by atoms with E-state index in [4.69, 9.17) is 4.74 Å². The van der Waals surface area contributed by atoms with E-state index in [2.05, 4.69) is 49.1 Å². The van der Waals surface area contributed by atoms with Crippen LogP contribution in [0.25, 0.3) is 0 Å². The lowest BCUT2D eigenvalue weighted by Crippen LogP contribution is -2.45. The number of likely N-dealkylation sites (N-methyl/N-ethyl adjacent to an activating group) is 2. The van der Waals surface area contributed by atoms with Gasteiger partial charge in [0.05, 0.1) is 6.17 Å². The molecule has 142 valence electrons. The summed E-state index contributed by atoms with van der Waals surface area (Å²) < 4.78 is 5.62. The first-order chi connectivity index (χ1) is 12.9. The molecule has 0 aromatic heterocycles. The van der Waals surface area contributed by atoms with Crippen molar-refractivity contribution >= 4 is 17.5 Å². The number of carbonyl (C=O) groups is 1. The fourth-order valence-corrected chi connectivity index (χ4v) is 4.81. The molecule has 0 saturated carbocycles. The van der Waals surface area contributed by atoms with Crippen LogP contribution in [0.4, 0.5) is 16.2 Å². The van der Waals surface area contributed by atoms with Gasteiger partial charge in [0.1, 0.15) is 5.75 Å². The van der Waals surface area contributed by atoms with Crippen LogP contribution in [0.2, 0.25) is 0 Å². The van der Waals surface area contributed by atoms with Crippen molar-refractivity contribution in [2.24, 2.45) is 0 Å². The van der Waals surface area contributed by atoms with E-state index in [0.29, 0.717) is 11.9 Å². The van der Waals surface area contributed by atoms with Gasteiger partial charge in [0, 0.05) is 30.4 Å². The Kier molecular flexibility index (Phi) is 4.35. The van der Waals surface area contributed by atoms with Gasteiger partial charge in [0.15, 0.2) is 0 Å². The molecular weight excluding hydrogens is 338 g/mol. The summed E-state index contributed by atoms with van der Waals surface area (Å²) in [5.74, 6) is 0.588. The van der Waals surface area contributed by atoms with Gasteiger partial charge in [0.25, 0.3) is 0 Å². The van der Waals surface area contributed by atoms with Crippen molar-refractivity contribution in [1.82, 2.24) is 4.90 Å². The predicted molar refractivity (Wildman–Crippen MR) is 109 cm³/mol. The van der Waals surface area contributed by atoms with E-state index in [0.717, 1.165) is 30.6 Å². The zero-order valence-corrected chi connectivity index (χ0v) is 16.5. The number of likely N-dealkylation sites (tertiary alicyclic amines) is 1. The van der Waals surface area contributed by atoms with Crippen molar-refractivity contribution in [3.05, 3.63) is 53.6 Å². The Morgan fingerprint density at radius 1 is 1.26 bits per heavy atom. The Morgan fingerprint density at radius 3 is 2.81 bits per heavy atom. The van der Waals surface area contributed by atoms with E-state index in [1.165, 1.54) is 11.3 Å². The smallest absolute Gasteiger partial charge is 0.410 e. The summed E-state index contributed by atoms with van der Waals surface area (Å²) >= 11 is 0. The maximum atomic E-state index is 12.4. The van der Waals surface area contributed by atoms with Crippen LogP contribution in [0.5, 0.6) is 5.75 Å². The first-order valence-corrected chi connectivity index (χ1v) is 9.58. The second-order valence-electron chi connectivity index (χ2n) is 7.84. The number of nitrogens with one attached hydrogen (secondary N) is 1. The summed E-state index contributed by atoms with van der Waals surface area (Å²) in [4.78, 5) is 17.2. The molecule has 1 N–H and O–H groups in total. The minimum Gasteiger partial charge on any atom is -0.410 e. The normalized spacial score (nSPS) is 23.9. The summed E-state index contributed by atoms with van der Waals surface area (Å²) in [6.07, 6.45) is 1.86. The monoisotopic (exact) mass is 365 g/mol. The number of rotatable bonds is 3. The lowest BCUT2D eigenvalue weighted by atomic mass is 9.81. The quantitative estimate of drug-likeness (QED) is 0.884. The number of hydrogen-bond acceptors (Lipinski definition) is 4. The highest BCUT2D eigenvalue weighted by Gasteiger charge is 2.52. The maximum Gasteiger partial charge on any atom is 0.417 e. The molecule has 2 aliphatic heterocycles. The minimum atomic E-state index is -0.451. The van der Waals surface area contributed by atoms with Crippen LogP contribution in [0, 0.1) is 0 Å². The Bertz CT molecular complexity index is 882. The van der Waals surface area contributed by atoms with E-state index >= 15 is 0 Å². The molecule has 4 rings (SSSR count). The van der Waals surface area contributed by atoms with Crippen LogP contribution in [0.3, 0.4) is 0 Å². The molecular formula is C22H27N3O2. The molecule has 2 aromatic carbocycles. The lowest BCUT2D eigenvalue weighted by molar-refractivity contribution is 0.215. The number of para-hydroxylation sites is 1. The van der Waals surface area contributed by atoms with E-state index in [1.54, 1.807) is 0 Å². The average Bonchev–Trinajstić information content (AvgIpc) is 3.08. The molecule has 2 atom stereocenters. The van der Waals surface area contributed by atoms with Crippen LogP contribution in [0.1, 0.15) is 31.4 Å². The number of anilines is 2. The molecule has 1 amide bonds. The molecule has 2 aliphatic rings. The average molecular weight is 365 g/mol. The van der Waals surface area contributed by atoms with Gasteiger partial charge >= 0.3 is 6.09 Å². The zero-order chi connectivity index (χ0) is 19.2. The van der Waals surface area contributed by atoms with Crippen molar-refractivity contribution in [1.29, 1.82) is 0 Å². The van der Waals surface area contributed by atoms with Gasteiger partial charge in [-0.05, 0) is 55.3 Å². The second-order valence-corrected chi connectivity index (χ2v) is 7.84. The summed E-state index contributed by atoms with van der Waals surface area (Å²) in [5.41, 5.74) is 4.44. The SMILES string of the molecule is CCc1ccccc1NC(=O)Oc1ccc2c(c1)C1(C)CCN(C)C1N2C. The largest absolute Gasteiger partial charge is 0.417 e. The standard InChI is InChI=1S/C22H27N3O2/c1-5-15-8-6-7-9-18(15)23-21(26)27-16-10-11-19-17(14-16)22(2)12-13-24(3)20(22)25(19)4/h6-11,14,20H,5,12-13H2,1-4H3,(H,23,26). The number of fused-ring (bicyclic) bond motifs is 3. The number of carbonyl (C=O) groups excluding carboxylic acids is 1. The molecule has 5 nitrogen and oxygen atoms in total. The zero-order valence-electron chi connectivity index (χ0n) is 16.5. The summed E-state index contributed by atoms with van der Waals surface area (Å²) in [5, 5.41) is 2.87. The molecule has 0 spiro atoms. The topological polar surface area (TPSA) is 44.8 Å². The van der Waals surface area contributed by atoms with Crippen LogP contribution in [-0.2, 0) is 11.8 Å². The maximum absolute atomic E-state index is 12.4. The molecule has 5 heteroatoms. The third-order valence-electron chi connectivity index (χ3n) is 6.15. The molecule has 2 heterocycles. The van der Waals surface area contributed by atoms with Crippen LogP contribution in [-0.4, -0.2) is 37.8 Å². The highest BCUT2D eigenvalue weighted by Crippen LogP contribution is 2.51. The van der Waals surface area contributed by atoms with E-state index in [-0.39, 0.29) is 5.41 Å². The molecule has 1 saturated heterocycles. The number of nitrogens with zero attached hydrogens (tertiary/aromatic N) is 2. The molecule has 0 bridgehead atoms. The molecule has 0 radical (unpaired) electrons. The first-order valence-electron chi connectivity index (χ1n) is 9.58. The van der Waals surface area contributed by atoms with Gasteiger partial charge in [-0.15, -0.1) is 0 Å². The highest BCUT2D eigenvalue weighted by molar-refractivity contribution is 5.87. The van der Waals surface area contributed by atoms with Crippen LogP contribution < -0.4 is 15.0 Å². The molecule has 2 aromatic rings. The highest BCUT2D eigenvalue weighted by atomic mass is 16.6. The van der Waals surface area contributed by atoms with Gasteiger partial charge in [-0.2, -0.15) is 0 Å². The third-order valence-corrected chi connectivity index (χ3v) is 6.15. The minimum absolute atomic E-state index is 0.0590. The summed E-state index contributed by atoms with van der Waals surface area (Å²) in [6.45, 7) is 5.45. The van der Waals surface area contributed by atoms with Crippen LogP contribution in [0.15, 0.2) is 42.5 Å². The van der Waals surface area contributed by atoms with E-state index in [9.17, 15) is 4.79 Å². The van der Waals surface area contributed by atoms with Crippen molar-refractivity contribution < 1.29 is 9.53 Å². The molecule has 27 heavy (non-hydrogen) atoms. The number of benzene rings is 2. The van der Waals surface area contributed by atoms with Gasteiger partial charge in [-0.25, -0.2) is 4.79 Å². The van der Waals surface area contributed by atoms with Crippen molar-refractivity contribution in [3.63, 3.8) is 0 Å². The molecule has 2 unspecified atom stereocenters. The molecule has 1 fully saturated rings. The fraction of sp³-hybridized carbons (Fsp3) is 0.409. The second kappa shape index (κ2) is 6.57. The van der Waals surface area contributed by atoms with Crippen molar-refractivity contribution in [2.45, 2.75) is 38.3 Å². The Labute approximate surface area is 160 Å². The molecule has 0 aliphatic carbocycles. The summed E-state index contributed by atoms with van der Waals surface area (Å²) in [6, 6.07) is 13.8. The van der Waals surface area contributed by atoms with Crippen molar-refractivity contribution in [2.75, 3.05) is 30.9 Å². The Morgan fingerprint density at radius 2 is 2.04 bits per heavy atom. The fourth-order valence-electron chi connectivity index (χ4n) is 4.81. The number of hydrogen-bond donors (Lipinski definition) is 1. The van der Waals surface area contributed by atoms with Crippen molar-refractivity contribution in [3.8, 4) is 5.75 Å². The first kappa shape index (κ1) is 17.9. The summed E-state index contributed by atoms with van der Waals surface area (Å²) in [7, 11) is 4.32. The lowest BCUT2D eigenvalue weighted by Gasteiger charge is -2.32. The van der Waals surface area contributed by atoms with Gasteiger partial charge in [-0.3, -0.25) is 10.2 Å². The predicted octanol–water partition coefficient (Wildman–Crippen LogP) is 4.23. The number of ether oxygens (including phenoxy) is 1. The van der Waals surface area contributed by atoms with E-state index < -0.39 is 6.09 Å². The van der Waals surface area contributed by atoms with Crippen LogP contribution >= 0.6 is 0 Å². The Hall–Kier alpha value is -2.53.